The molecule has 0 bridgehead atoms. The van der Waals surface area contributed by atoms with Crippen molar-refractivity contribution in [3.63, 3.8) is 0 Å². The van der Waals surface area contributed by atoms with E-state index in [9.17, 15) is 9.59 Å². The minimum absolute atomic E-state index is 0.140. The van der Waals surface area contributed by atoms with Crippen LogP contribution in [0.3, 0.4) is 0 Å². The van der Waals surface area contributed by atoms with Gasteiger partial charge in [0, 0.05) is 24.2 Å². The van der Waals surface area contributed by atoms with Crippen LogP contribution in [0.1, 0.15) is 28.2 Å². The molecule has 2 amide bonds. The van der Waals surface area contributed by atoms with Crippen molar-refractivity contribution >= 4 is 34.5 Å². The van der Waals surface area contributed by atoms with Gasteiger partial charge in [-0.3, -0.25) is 9.59 Å². The van der Waals surface area contributed by atoms with E-state index in [2.05, 4.69) is 20.8 Å². The number of aryl methyl sites for hydroxylation is 1. The average Bonchev–Trinajstić information content (AvgIpc) is 3.24. The summed E-state index contributed by atoms with van der Waals surface area (Å²) in [6, 6.07) is 14.2. The minimum atomic E-state index is -0.345. The van der Waals surface area contributed by atoms with Crippen molar-refractivity contribution in [2.24, 2.45) is 0 Å². The van der Waals surface area contributed by atoms with Crippen LogP contribution in [0.4, 0.5) is 11.4 Å². The zero-order valence-corrected chi connectivity index (χ0v) is 17.5. The first kappa shape index (κ1) is 21.3. The summed E-state index contributed by atoms with van der Waals surface area (Å²) in [6.45, 7) is 2.50. The van der Waals surface area contributed by atoms with Gasteiger partial charge in [0.05, 0.1) is 13.7 Å². The van der Waals surface area contributed by atoms with Gasteiger partial charge in [0.25, 0.3) is 5.91 Å². The van der Waals surface area contributed by atoms with E-state index in [1.807, 2.05) is 6.92 Å². The SMILES string of the molecule is CCOc1ccc(NC(=O)CCc2nnc(C(=O)Nc3ccc(OC)cc3)s2)cc1. The summed E-state index contributed by atoms with van der Waals surface area (Å²) in [4.78, 5) is 24.5. The normalized spacial score (nSPS) is 10.3. The second kappa shape index (κ2) is 10.4. The Morgan fingerprint density at radius 2 is 1.57 bits per heavy atom. The van der Waals surface area contributed by atoms with E-state index in [4.69, 9.17) is 9.47 Å². The molecule has 0 saturated carbocycles. The van der Waals surface area contributed by atoms with E-state index in [0.29, 0.717) is 35.2 Å². The van der Waals surface area contributed by atoms with Crippen LogP contribution in [-0.2, 0) is 11.2 Å². The fourth-order valence-corrected chi connectivity index (χ4v) is 3.28. The number of hydrogen-bond donors (Lipinski definition) is 2. The molecule has 0 unspecified atom stereocenters. The van der Waals surface area contributed by atoms with Gasteiger partial charge in [0.1, 0.15) is 16.5 Å². The number of hydrogen-bond acceptors (Lipinski definition) is 7. The van der Waals surface area contributed by atoms with Crippen molar-refractivity contribution in [2.75, 3.05) is 24.4 Å². The van der Waals surface area contributed by atoms with E-state index in [0.717, 1.165) is 5.75 Å². The molecule has 0 atom stereocenters. The van der Waals surface area contributed by atoms with Gasteiger partial charge in [-0.05, 0) is 55.5 Å². The molecule has 1 aromatic heterocycles. The maximum absolute atomic E-state index is 12.3. The molecule has 9 heteroatoms. The molecule has 2 N–H and O–H groups in total. The number of rotatable bonds is 9. The Labute approximate surface area is 178 Å². The summed E-state index contributed by atoms with van der Waals surface area (Å²) in [6.07, 6.45) is 0.637. The van der Waals surface area contributed by atoms with E-state index in [-0.39, 0.29) is 23.2 Å². The molecule has 0 spiro atoms. The maximum Gasteiger partial charge on any atom is 0.286 e. The smallest absolute Gasteiger partial charge is 0.286 e. The molecule has 3 rings (SSSR count). The Bertz CT molecular complexity index is 987. The number of carbonyl (C=O) groups excluding carboxylic acids is 2. The molecular formula is C21H22N4O4S. The summed E-state index contributed by atoms with van der Waals surface area (Å²) >= 11 is 1.17. The largest absolute Gasteiger partial charge is 0.497 e. The third-order valence-corrected chi connectivity index (χ3v) is 5.01. The van der Waals surface area contributed by atoms with Crippen LogP contribution >= 0.6 is 11.3 Å². The van der Waals surface area contributed by atoms with Gasteiger partial charge >= 0.3 is 0 Å². The number of methoxy groups -OCH3 is 1. The lowest BCUT2D eigenvalue weighted by Crippen LogP contribution is -2.12. The Morgan fingerprint density at radius 1 is 0.933 bits per heavy atom. The Hall–Kier alpha value is -3.46. The molecule has 0 radical (unpaired) electrons. The lowest BCUT2D eigenvalue weighted by atomic mass is 10.2. The summed E-state index contributed by atoms with van der Waals surface area (Å²) in [7, 11) is 1.58. The number of nitrogens with one attached hydrogen (secondary N) is 2. The van der Waals surface area contributed by atoms with Crippen LogP contribution in [-0.4, -0.2) is 35.7 Å². The summed E-state index contributed by atoms with van der Waals surface area (Å²) < 4.78 is 10.5. The minimum Gasteiger partial charge on any atom is -0.497 e. The molecule has 0 aliphatic heterocycles. The quantitative estimate of drug-likeness (QED) is 0.540. The van der Waals surface area contributed by atoms with Gasteiger partial charge < -0.3 is 20.1 Å². The van der Waals surface area contributed by atoms with Crippen LogP contribution in [0, 0.1) is 0 Å². The fraction of sp³-hybridized carbons (Fsp3) is 0.238. The van der Waals surface area contributed by atoms with Crippen molar-refractivity contribution in [3.8, 4) is 11.5 Å². The van der Waals surface area contributed by atoms with Gasteiger partial charge in [-0.1, -0.05) is 11.3 Å². The molecule has 156 valence electrons. The molecule has 8 nitrogen and oxygen atoms in total. The van der Waals surface area contributed by atoms with Crippen molar-refractivity contribution in [2.45, 2.75) is 19.8 Å². The van der Waals surface area contributed by atoms with Crippen LogP contribution in [0.25, 0.3) is 0 Å². The molecule has 2 aromatic carbocycles. The average molecular weight is 426 g/mol. The number of benzene rings is 2. The van der Waals surface area contributed by atoms with Crippen molar-refractivity contribution in [3.05, 3.63) is 58.5 Å². The summed E-state index contributed by atoms with van der Waals surface area (Å²) in [5.74, 6) is 0.973. The molecular weight excluding hydrogens is 404 g/mol. The van der Waals surface area contributed by atoms with Gasteiger partial charge in [0.15, 0.2) is 0 Å². The highest BCUT2D eigenvalue weighted by Crippen LogP contribution is 2.19. The third-order valence-electron chi connectivity index (χ3n) is 4.02. The molecule has 0 aliphatic carbocycles. The lowest BCUT2D eigenvalue weighted by molar-refractivity contribution is -0.116. The molecule has 3 aromatic rings. The first-order chi connectivity index (χ1) is 14.6. The van der Waals surface area contributed by atoms with Crippen LogP contribution in [0.5, 0.6) is 11.5 Å². The Balaban J connectivity index is 1.48. The zero-order chi connectivity index (χ0) is 21.3. The zero-order valence-electron chi connectivity index (χ0n) is 16.7. The molecule has 30 heavy (non-hydrogen) atoms. The Morgan fingerprint density at radius 3 is 2.20 bits per heavy atom. The highest BCUT2D eigenvalue weighted by molar-refractivity contribution is 7.13. The fourth-order valence-electron chi connectivity index (χ4n) is 2.55. The number of ether oxygens (including phenoxy) is 2. The second-order valence-electron chi connectivity index (χ2n) is 6.19. The first-order valence-electron chi connectivity index (χ1n) is 9.38. The lowest BCUT2D eigenvalue weighted by Gasteiger charge is -2.06. The van der Waals surface area contributed by atoms with Gasteiger partial charge in [0.2, 0.25) is 10.9 Å². The molecule has 1 heterocycles. The highest BCUT2D eigenvalue weighted by atomic mass is 32.1. The topological polar surface area (TPSA) is 102 Å². The molecule has 0 fully saturated rings. The summed E-state index contributed by atoms with van der Waals surface area (Å²) in [5.41, 5.74) is 1.33. The predicted octanol–water partition coefficient (Wildman–Crippen LogP) is 3.77. The van der Waals surface area contributed by atoms with Crippen molar-refractivity contribution in [1.29, 1.82) is 0 Å². The first-order valence-corrected chi connectivity index (χ1v) is 10.2. The molecule has 0 saturated heterocycles. The summed E-state index contributed by atoms with van der Waals surface area (Å²) in [5, 5.41) is 14.4. The van der Waals surface area contributed by atoms with Crippen LogP contribution < -0.4 is 20.1 Å². The van der Waals surface area contributed by atoms with Crippen LogP contribution in [0.15, 0.2) is 48.5 Å². The third kappa shape index (κ3) is 6.02. The van der Waals surface area contributed by atoms with E-state index in [1.54, 1.807) is 55.6 Å². The highest BCUT2D eigenvalue weighted by Gasteiger charge is 2.14. The van der Waals surface area contributed by atoms with Crippen molar-refractivity contribution in [1.82, 2.24) is 10.2 Å². The number of nitrogens with zero attached hydrogens (tertiary/aromatic N) is 2. The van der Waals surface area contributed by atoms with Gasteiger partial charge in [-0.25, -0.2) is 0 Å². The standard InChI is InChI=1S/C21H22N4O4S/c1-3-29-17-10-6-14(7-11-17)22-18(26)12-13-19-24-25-21(30-19)20(27)23-15-4-8-16(28-2)9-5-15/h4-11H,3,12-13H2,1-2H3,(H,22,26)(H,23,27). The van der Waals surface area contributed by atoms with E-state index >= 15 is 0 Å². The number of anilines is 2. The monoisotopic (exact) mass is 426 g/mol. The van der Waals surface area contributed by atoms with E-state index in [1.165, 1.54) is 11.3 Å². The Kier molecular flexibility index (Phi) is 7.34. The second-order valence-corrected chi connectivity index (χ2v) is 7.25. The number of amides is 2. The predicted molar refractivity (Wildman–Crippen MR) is 115 cm³/mol. The van der Waals surface area contributed by atoms with Gasteiger partial charge in [-0.2, -0.15) is 0 Å². The molecule has 0 aliphatic rings. The van der Waals surface area contributed by atoms with E-state index < -0.39 is 0 Å². The van der Waals surface area contributed by atoms with Gasteiger partial charge in [-0.15, -0.1) is 10.2 Å². The van der Waals surface area contributed by atoms with Crippen LogP contribution in [0.2, 0.25) is 0 Å². The maximum atomic E-state index is 12.3. The number of aromatic nitrogens is 2. The van der Waals surface area contributed by atoms with Crippen molar-refractivity contribution < 1.29 is 19.1 Å². The number of carbonyl (C=O) groups is 2.